The number of hydrogen-bond donors (Lipinski definition) is 1. The van der Waals surface area contributed by atoms with Gasteiger partial charge in [0.15, 0.2) is 0 Å². The molecule has 1 N–H and O–H groups in total. The lowest BCUT2D eigenvalue weighted by molar-refractivity contribution is 0.0889. The van der Waals surface area contributed by atoms with Crippen LogP contribution in [0.25, 0.3) is 0 Å². The second kappa shape index (κ2) is 4.62. The molecule has 0 bridgehead atoms. The second-order valence-corrected chi connectivity index (χ2v) is 6.88. The van der Waals surface area contributed by atoms with Crippen molar-refractivity contribution in [3.63, 3.8) is 0 Å². The van der Waals surface area contributed by atoms with Crippen molar-refractivity contribution in [2.75, 3.05) is 12.0 Å². The molecule has 1 saturated carbocycles. The summed E-state index contributed by atoms with van der Waals surface area (Å²) in [6.45, 7) is 2.17. The highest BCUT2D eigenvalue weighted by molar-refractivity contribution is 7.90. The molecular weight excluding hydrogens is 200 g/mol. The first-order valence-corrected chi connectivity index (χ1v) is 7.30. The Hall–Kier alpha value is -0.0900. The zero-order valence-electron chi connectivity index (χ0n) is 8.94. The van der Waals surface area contributed by atoms with E-state index in [1.807, 2.05) is 0 Å². The summed E-state index contributed by atoms with van der Waals surface area (Å²) in [5.41, 5.74) is 0. The van der Waals surface area contributed by atoms with Gasteiger partial charge >= 0.3 is 0 Å². The summed E-state index contributed by atoms with van der Waals surface area (Å²) in [7, 11) is -3.04. The number of sulfone groups is 1. The molecule has 0 radical (unpaired) electrons. The molecule has 0 saturated heterocycles. The quantitative estimate of drug-likeness (QED) is 0.778. The summed E-state index contributed by atoms with van der Waals surface area (Å²) in [5, 5.41) is 9.75. The smallest absolute Gasteiger partial charge is 0.150 e. The molecule has 0 aromatic heterocycles. The van der Waals surface area contributed by atoms with Crippen molar-refractivity contribution < 1.29 is 13.5 Å². The van der Waals surface area contributed by atoms with E-state index in [4.69, 9.17) is 0 Å². The first-order chi connectivity index (χ1) is 6.38. The van der Waals surface area contributed by atoms with Gasteiger partial charge in [-0.15, -0.1) is 0 Å². The van der Waals surface area contributed by atoms with E-state index < -0.39 is 15.9 Å². The summed E-state index contributed by atoms with van der Waals surface area (Å²) >= 11 is 0. The maximum absolute atomic E-state index is 11.0. The van der Waals surface area contributed by atoms with Crippen LogP contribution in [0.15, 0.2) is 0 Å². The van der Waals surface area contributed by atoms with Crippen molar-refractivity contribution in [1.82, 2.24) is 0 Å². The van der Waals surface area contributed by atoms with E-state index in [0.717, 1.165) is 19.3 Å². The summed E-state index contributed by atoms with van der Waals surface area (Å²) in [4.78, 5) is 0. The van der Waals surface area contributed by atoms with Gasteiger partial charge in [-0.25, -0.2) is 8.42 Å². The van der Waals surface area contributed by atoms with Crippen LogP contribution in [0.4, 0.5) is 0 Å². The summed E-state index contributed by atoms with van der Waals surface area (Å²) in [6.07, 6.45) is 4.79. The van der Waals surface area contributed by atoms with E-state index in [1.165, 1.54) is 12.7 Å². The third-order valence-corrected chi connectivity index (χ3v) is 3.94. The fourth-order valence-corrected chi connectivity index (χ4v) is 3.17. The molecule has 1 rings (SSSR count). The predicted molar refractivity (Wildman–Crippen MR) is 56.8 cm³/mol. The van der Waals surface area contributed by atoms with E-state index in [1.54, 1.807) is 0 Å². The second-order valence-electron chi connectivity index (χ2n) is 4.69. The minimum absolute atomic E-state index is 0.0790. The fourth-order valence-electron chi connectivity index (χ4n) is 2.28. The van der Waals surface area contributed by atoms with Gasteiger partial charge in [-0.2, -0.15) is 0 Å². The lowest BCUT2D eigenvalue weighted by atomic mass is 9.80. The van der Waals surface area contributed by atoms with Crippen LogP contribution in [-0.2, 0) is 9.84 Å². The van der Waals surface area contributed by atoms with Crippen molar-refractivity contribution in [3.8, 4) is 0 Å². The van der Waals surface area contributed by atoms with E-state index >= 15 is 0 Å². The Morgan fingerprint density at radius 2 is 2.07 bits per heavy atom. The Morgan fingerprint density at radius 1 is 1.43 bits per heavy atom. The zero-order valence-corrected chi connectivity index (χ0v) is 9.76. The summed E-state index contributed by atoms with van der Waals surface area (Å²) < 4.78 is 22.0. The van der Waals surface area contributed by atoms with Crippen molar-refractivity contribution in [1.29, 1.82) is 0 Å². The number of hydrogen-bond acceptors (Lipinski definition) is 3. The van der Waals surface area contributed by atoms with E-state index in [2.05, 4.69) is 6.92 Å². The molecule has 0 aliphatic heterocycles. The van der Waals surface area contributed by atoms with E-state index in [-0.39, 0.29) is 11.7 Å². The molecule has 4 heteroatoms. The van der Waals surface area contributed by atoms with Crippen molar-refractivity contribution in [2.24, 2.45) is 11.8 Å². The molecule has 3 nitrogen and oxygen atoms in total. The van der Waals surface area contributed by atoms with Crippen LogP contribution in [0, 0.1) is 11.8 Å². The van der Waals surface area contributed by atoms with Gasteiger partial charge in [0.05, 0.1) is 11.9 Å². The van der Waals surface area contributed by atoms with Gasteiger partial charge < -0.3 is 5.11 Å². The van der Waals surface area contributed by atoms with Gasteiger partial charge in [0, 0.05) is 6.26 Å². The molecule has 0 aromatic carbocycles. The van der Waals surface area contributed by atoms with Crippen molar-refractivity contribution >= 4 is 9.84 Å². The number of aliphatic hydroxyl groups excluding tert-OH is 1. The fraction of sp³-hybridized carbons (Fsp3) is 1.00. The normalized spacial score (nSPS) is 31.4. The molecule has 1 fully saturated rings. The van der Waals surface area contributed by atoms with Gasteiger partial charge in [-0.1, -0.05) is 19.8 Å². The number of aliphatic hydroxyl groups is 1. The maximum atomic E-state index is 11.0. The lowest BCUT2D eigenvalue weighted by Gasteiger charge is -2.29. The highest BCUT2D eigenvalue weighted by atomic mass is 32.2. The van der Waals surface area contributed by atoms with Crippen LogP contribution in [0.5, 0.6) is 0 Å². The first-order valence-electron chi connectivity index (χ1n) is 5.24. The summed E-state index contributed by atoms with van der Waals surface area (Å²) in [6, 6.07) is 0. The molecule has 0 amide bonds. The highest BCUT2D eigenvalue weighted by Gasteiger charge is 2.27. The third-order valence-electron chi connectivity index (χ3n) is 2.99. The molecule has 1 aliphatic carbocycles. The molecule has 3 atom stereocenters. The molecule has 14 heavy (non-hydrogen) atoms. The Kier molecular flexibility index (Phi) is 3.95. The molecule has 0 aromatic rings. The lowest BCUT2D eigenvalue weighted by Crippen LogP contribution is -2.31. The van der Waals surface area contributed by atoms with Crippen LogP contribution < -0.4 is 0 Å². The summed E-state index contributed by atoms with van der Waals surface area (Å²) in [5.74, 6) is 0.737. The number of rotatable bonds is 3. The highest BCUT2D eigenvalue weighted by Crippen LogP contribution is 2.31. The van der Waals surface area contributed by atoms with Crippen molar-refractivity contribution in [3.05, 3.63) is 0 Å². The molecule has 3 unspecified atom stereocenters. The van der Waals surface area contributed by atoms with Crippen LogP contribution in [-0.4, -0.2) is 31.6 Å². The molecule has 1 aliphatic rings. The average molecular weight is 220 g/mol. The van der Waals surface area contributed by atoms with Crippen LogP contribution >= 0.6 is 0 Å². The Bertz CT molecular complexity index is 271. The van der Waals surface area contributed by atoms with Crippen LogP contribution in [0.1, 0.15) is 32.6 Å². The third kappa shape index (κ3) is 3.96. The molecular formula is C10H20O3S. The predicted octanol–water partition coefficient (Wildman–Crippen LogP) is 1.22. The Labute approximate surface area is 86.4 Å². The van der Waals surface area contributed by atoms with Crippen LogP contribution in [0.2, 0.25) is 0 Å². The first kappa shape index (κ1) is 12.0. The monoisotopic (exact) mass is 220 g/mol. The largest absolute Gasteiger partial charge is 0.392 e. The average Bonchev–Trinajstić information content (AvgIpc) is 2.01. The standard InChI is InChI=1S/C10H20O3S/c1-8-4-3-5-9(6-8)10(11)7-14(2,12)13/h8-11H,3-7H2,1-2H3. The Morgan fingerprint density at radius 3 is 2.57 bits per heavy atom. The maximum Gasteiger partial charge on any atom is 0.150 e. The topological polar surface area (TPSA) is 54.4 Å². The zero-order chi connectivity index (χ0) is 10.8. The molecule has 0 heterocycles. The van der Waals surface area contributed by atoms with Gasteiger partial charge in [-0.3, -0.25) is 0 Å². The van der Waals surface area contributed by atoms with Crippen LogP contribution in [0.3, 0.4) is 0 Å². The van der Waals surface area contributed by atoms with E-state index in [0.29, 0.717) is 5.92 Å². The van der Waals surface area contributed by atoms with Gasteiger partial charge in [-0.05, 0) is 24.7 Å². The Balaban J connectivity index is 2.47. The van der Waals surface area contributed by atoms with Gasteiger partial charge in [0.1, 0.15) is 9.84 Å². The molecule has 0 spiro atoms. The SMILES string of the molecule is CC1CCCC(C(O)CS(C)(=O)=O)C1. The minimum atomic E-state index is -3.04. The molecule has 84 valence electrons. The van der Waals surface area contributed by atoms with Crippen molar-refractivity contribution in [2.45, 2.75) is 38.7 Å². The van der Waals surface area contributed by atoms with Gasteiger partial charge in [0.25, 0.3) is 0 Å². The van der Waals surface area contributed by atoms with E-state index in [9.17, 15) is 13.5 Å². The van der Waals surface area contributed by atoms with Gasteiger partial charge in [0.2, 0.25) is 0 Å². The minimum Gasteiger partial charge on any atom is -0.392 e.